The Hall–Kier alpha value is -0.890. The Morgan fingerprint density at radius 2 is 2.13 bits per heavy atom. The lowest BCUT2D eigenvalue weighted by atomic mass is 10.1. The molecule has 0 aromatic heterocycles. The summed E-state index contributed by atoms with van der Waals surface area (Å²) in [7, 11) is 1.80. The van der Waals surface area contributed by atoms with E-state index < -0.39 is 0 Å². The lowest BCUT2D eigenvalue weighted by molar-refractivity contribution is 0.0264. The highest BCUT2D eigenvalue weighted by molar-refractivity contribution is 14.0. The monoisotopic (exact) mass is 435 g/mol. The molecule has 0 aliphatic carbocycles. The van der Waals surface area contributed by atoms with Crippen molar-refractivity contribution < 1.29 is 9.13 Å². The number of likely N-dealkylation sites (tertiary alicyclic amines) is 1. The molecule has 0 radical (unpaired) electrons. The summed E-state index contributed by atoms with van der Waals surface area (Å²) in [5.74, 6) is 0.742. The molecule has 6 heteroatoms. The average Bonchev–Trinajstić information content (AvgIpc) is 2.53. The van der Waals surface area contributed by atoms with Gasteiger partial charge in [-0.25, -0.2) is 4.39 Å². The third-order valence-corrected chi connectivity index (χ3v) is 3.94. The first-order valence-electron chi connectivity index (χ1n) is 8.04. The molecule has 0 amide bonds. The number of rotatable bonds is 5. The maximum atomic E-state index is 13.1. The Morgan fingerprint density at radius 1 is 1.39 bits per heavy atom. The van der Waals surface area contributed by atoms with Gasteiger partial charge < -0.3 is 15.0 Å². The highest BCUT2D eigenvalue weighted by Gasteiger charge is 2.21. The number of hydrogen-bond donors (Lipinski definition) is 1. The number of ether oxygens (including phenoxy) is 1. The first-order valence-corrected chi connectivity index (χ1v) is 8.04. The maximum Gasteiger partial charge on any atom is 0.193 e. The molecule has 1 fully saturated rings. The fourth-order valence-corrected chi connectivity index (χ4v) is 2.81. The Kier molecular flexibility index (Phi) is 9.47. The number of aliphatic imine (C=N–C) groups is 1. The number of piperidine rings is 1. The van der Waals surface area contributed by atoms with Crippen LogP contribution in [0.25, 0.3) is 0 Å². The molecular formula is C17H27FIN3O. The van der Waals surface area contributed by atoms with Gasteiger partial charge in [0.1, 0.15) is 5.82 Å². The van der Waals surface area contributed by atoms with E-state index in [0.717, 1.165) is 57.0 Å². The zero-order valence-electron chi connectivity index (χ0n) is 13.9. The fraction of sp³-hybridized carbons (Fsp3) is 0.588. The lowest BCUT2D eigenvalue weighted by Gasteiger charge is -2.34. The molecule has 130 valence electrons. The summed E-state index contributed by atoms with van der Waals surface area (Å²) >= 11 is 0. The molecule has 1 saturated heterocycles. The molecule has 2 rings (SSSR count). The van der Waals surface area contributed by atoms with Gasteiger partial charge in [0.05, 0.1) is 6.10 Å². The van der Waals surface area contributed by atoms with Crippen LogP contribution in [0, 0.1) is 5.82 Å². The van der Waals surface area contributed by atoms with Crippen LogP contribution in [-0.4, -0.2) is 50.3 Å². The molecule has 23 heavy (non-hydrogen) atoms. The number of nitrogens with one attached hydrogen (secondary N) is 1. The van der Waals surface area contributed by atoms with E-state index in [9.17, 15) is 4.39 Å². The second-order valence-electron chi connectivity index (χ2n) is 5.50. The Morgan fingerprint density at radius 3 is 2.74 bits per heavy atom. The van der Waals surface area contributed by atoms with Gasteiger partial charge in [-0.3, -0.25) is 4.99 Å². The SMILES string of the molecule is CCOC1CCN(C(=NC)NCCc2cccc(F)c2)CC1.I. The lowest BCUT2D eigenvalue weighted by Crippen LogP contribution is -2.47. The van der Waals surface area contributed by atoms with Crippen molar-refractivity contribution in [1.82, 2.24) is 10.2 Å². The number of guanidine groups is 1. The van der Waals surface area contributed by atoms with Crippen molar-refractivity contribution in [3.63, 3.8) is 0 Å². The van der Waals surface area contributed by atoms with E-state index in [4.69, 9.17) is 4.74 Å². The van der Waals surface area contributed by atoms with Crippen LogP contribution in [-0.2, 0) is 11.2 Å². The molecule has 1 aromatic carbocycles. The molecule has 1 aliphatic rings. The van der Waals surface area contributed by atoms with Crippen LogP contribution >= 0.6 is 24.0 Å². The van der Waals surface area contributed by atoms with Crippen LogP contribution in [0.15, 0.2) is 29.3 Å². The number of hydrogen-bond acceptors (Lipinski definition) is 2. The minimum Gasteiger partial charge on any atom is -0.378 e. The second-order valence-corrected chi connectivity index (χ2v) is 5.50. The van der Waals surface area contributed by atoms with Crippen LogP contribution in [0.5, 0.6) is 0 Å². The van der Waals surface area contributed by atoms with Crippen LogP contribution < -0.4 is 5.32 Å². The van der Waals surface area contributed by atoms with Gasteiger partial charge in [0, 0.05) is 33.3 Å². The molecule has 1 heterocycles. The topological polar surface area (TPSA) is 36.9 Å². The minimum absolute atomic E-state index is 0. The highest BCUT2D eigenvalue weighted by Crippen LogP contribution is 2.13. The van der Waals surface area contributed by atoms with Crippen molar-refractivity contribution in [3.05, 3.63) is 35.6 Å². The van der Waals surface area contributed by atoms with E-state index in [-0.39, 0.29) is 29.8 Å². The van der Waals surface area contributed by atoms with Gasteiger partial charge in [0.15, 0.2) is 5.96 Å². The Balaban J connectivity index is 0.00000264. The van der Waals surface area contributed by atoms with Crippen molar-refractivity contribution in [2.45, 2.75) is 32.3 Å². The van der Waals surface area contributed by atoms with Gasteiger partial charge in [-0.05, 0) is 43.9 Å². The Bertz CT molecular complexity index is 490. The molecular weight excluding hydrogens is 408 g/mol. The average molecular weight is 435 g/mol. The van der Waals surface area contributed by atoms with Gasteiger partial charge in [-0.15, -0.1) is 24.0 Å². The molecule has 0 unspecified atom stereocenters. The number of benzene rings is 1. The largest absolute Gasteiger partial charge is 0.378 e. The van der Waals surface area contributed by atoms with Crippen LogP contribution in [0.2, 0.25) is 0 Å². The highest BCUT2D eigenvalue weighted by atomic mass is 127. The van der Waals surface area contributed by atoms with E-state index in [2.05, 4.69) is 15.2 Å². The first-order chi connectivity index (χ1) is 10.7. The number of nitrogens with zero attached hydrogens (tertiary/aromatic N) is 2. The first kappa shape index (κ1) is 20.2. The number of halogens is 2. The maximum absolute atomic E-state index is 13.1. The molecule has 1 aliphatic heterocycles. The summed E-state index contributed by atoms with van der Waals surface area (Å²) in [5.41, 5.74) is 0.998. The van der Waals surface area contributed by atoms with Gasteiger partial charge >= 0.3 is 0 Å². The third kappa shape index (κ3) is 6.63. The quantitative estimate of drug-likeness (QED) is 0.439. The fourth-order valence-electron chi connectivity index (χ4n) is 2.81. The molecule has 0 saturated carbocycles. The van der Waals surface area contributed by atoms with Crippen molar-refractivity contribution in [2.24, 2.45) is 4.99 Å². The van der Waals surface area contributed by atoms with E-state index >= 15 is 0 Å². The molecule has 0 bridgehead atoms. The molecule has 0 atom stereocenters. The van der Waals surface area contributed by atoms with E-state index in [1.165, 1.54) is 6.07 Å². The van der Waals surface area contributed by atoms with Gasteiger partial charge in [0.2, 0.25) is 0 Å². The smallest absolute Gasteiger partial charge is 0.193 e. The standard InChI is InChI=1S/C17H26FN3O.HI/c1-3-22-16-8-11-21(12-9-16)17(19-2)20-10-7-14-5-4-6-15(18)13-14;/h4-6,13,16H,3,7-12H2,1-2H3,(H,19,20);1H. The third-order valence-electron chi connectivity index (χ3n) is 3.94. The normalized spacial score (nSPS) is 16.1. The minimum atomic E-state index is -0.181. The summed E-state index contributed by atoms with van der Waals surface area (Å²) < 4.78 is 18.8. The second kappa shape index (κ2) is 10.8. The van der Waals surface area contributed by atoms with E-state index in [1.54, 1.807) is 19.2 Å². The van der Waals surface area contributed by atoms with Crippen LogP contribution in [0.3, 0.4) is 0 Å². The summed E-state index contributed by atoms with van der Waals surface area (Å²) in [5, 5.41) is 3.37. The van der Waals surface area contributed by atoms with Crippen molar-refractivity contribution in [3.8, 4) is 0 Å². The van der Waals surface area contributed by atoms with Crippen LogP contribution in [0.4, 0.5) is 4.39 Å². The van der Waals surface area contributed by atoms with Crippen LogP contribution in [0.1, 0.15) is 25.3 Å². The summed E-state index contributed by atoms with van der Waals surface area (Å²) in [6.45, 7) is 5.50. The summed E-state index contributed by atoms with van der Waals surface area (Å²) in [6, 6.07) is 6.75. The Labute approximate surface area is 155 Å². The summed E-state index contributed by atoms with van der Waals surface area (Å²) in [6.07, 6.45) is 3.25. The zero-order valence-corrected chi connectivity index (χ0v) is 16.3. The molecule has 1 aromatic rings. The molecule has 4 nitrogen and oxygen atoms in total. The van der Waals surface area contributed by atoms with E-state index in [1.807, 2.05) is 13.0 Å². The molecule has 1 N–H and O–H groups in total. The van der Waals surface area contributed by atoms with Crippen molar-refractivity contribution in [1.29, 1.82) is 0 Å². The summed E-state index contributed by atoms with van der Waals surface area (Å²) in [4.78, 5) is 6.61. The van der Waals surface area contributed by atoms with Gasteiger partial charge in [0.25, 0.3) is 0 Å². The van der Waals surface area contributed by atoms with Crippen molar-refractivity contribution >= 4 is 29.9 Å². The predicted octanol–water partition coefficient (Wildman–Crippen LogP) is 3.06. The van der Waals surface area contributed by atoms with Gasteiger partial charge in [-0.2, -0.15) is 0 Å². The predicted molar refractivity (Wildman–Crippen MR) is 103 cm³/mol. The van der Waals surface area contributed by atoms with Gasteiger partial charge in [-0.1, -0.05) is 12.1 Å². The van der Waals surface area contributed by atoms with E-state index in [0.29, 0.717) is 6.10 Å². The zero-order chi connectivity index (χ0) is 15.8. The van der Waals surface area contributed by atoms with Crippen molar-refractivity contribution in [2.75, 3.05) is 33.3 Å². The molecule has 0 spiro atoms.